The topological polar surface area (TPSA) is 114 Å². The minimum Gasteiger partial charge on any atom is -0.477 e. The summed E-state index contributed by atoms with van der Waals surface area (Å²) in [6.45, 7) is 5.30. The van der Waals surface area contributed by atoms with Crippen molar-refractivity contribution in [1.82, 2.24) is 9.88 Å². The van der Waals surface area contributed by atoms with Gasteiger partial charge in [-0.2, -0.15) is 0 Å². The van der Waals surface area contributed by atoms with E-state index in [9.17, 15) is 19.7 Å². The Morgan fingerprint density at radius 2 is 2.10 bits per heavy atom. The summed E-state index contributed by atoms with van der Waals surface area (Å²) in [5.74, 6) is -1.72. The predicted octanol–water partition coefficient (Wildman–Crippen LogP) is 1.40. The lowest BCUT2D eigenvalue weighted by Crippen LogP contribution is -2.44. The molecule has 0 aliphatic carbocycles. The van der Waals surface area contributed by atoms with Crippen molar-refractivity contribution in [3.8, 4) is 0 Å². The van der Waals surface area contributed by atoms with Crippen LogP contribution >= 0.6 is 0 Å². The van der Waals surface area contributed by atoms with E-state index >= 15 is 0 Å². The number of nitrogens with one attached hydrogen (secondary N) is 1. The molecule has 1 heterocycles. The molecule has 0 saturated carbocycles. The lowest BCUT2D eigenvalue weighted by Gasteiger charge is -2.24. The van der Waals surface area contributed by atoms with Crippen molar-refractivity contribution in [3.05, 3.63) is 28.1 Å². The van der Waals surface area contributed by atoms with Gasteiger partial charge in [-0.1, -0.05) is 6.92 Å². The van der Waals surface area contributed by atoms with Crippen LogP contribution in [0.5, 0.6) is 0 Å². The van der Waals surface area contributed by atoms with E-state index in [1.807, 2.05) is 20.8 Å². The largest absolute Gasteiger partial charge is 0.477 e. The summed E-state index contributed by atoms with van der Waals surface area (Å²) < 4.78 is 1.06. The van der Waals surface area contributed by atoms with E-state index in [0.717, 1.165) is 16.8 Å². The van der Waals surface area contributed by atoms with E-state index in [2.05, 4.69) is 5.32 Å². The number of nitro groups is 1. The Balaban J connectivity index is 2.94. The van der Waals surface area contributed by atoms with Crippen LogP contribution < -0.4 is 5.32 Å². The van der Waals surface area contributed by atoms with Crippen LogP contribution in [0.1, 0.15) is 37.7 Å². The maximum absolute atomic E-state index is 11.8. The first-order chi connectivity index (χ1) is 9.16. The van der Waals surface area contributed by atoms with Gasteiger partial charge in [0.05, 0.1) is 11.1 Å². The van der Waals surface area contributed by atoms with Gasteiger partial charge in [0, 0.05) is 11.6 Å². The number of aromatic carboxylic acids is 1. The molecule has 0 aromatic carbocycles. The zero-order valence-corrected chi connectivity index (χ0v) is 11.5. The summed E-state index contributed by atoms with van der Waals surface area (Å²) in [7, 11) is 0. The van der Waals surface area contributed by atoms with Crippen molar-refractivity contribution in [2.45, 2.75) is 39.3 Å². The fraction of sp³-hybridized carbons (Fsp3) is 0.500. The minimum absolute atomic E-state index is 0.279. The fourth-order valence-corrected chi connectivity index (χ4v) is 1.56. The van der Waals surface area contributed by atoms with Gasteiger partial charge in [-0.15, -0.1) is 0 Å². The molecule has 0 aliphatic heterocycles. The predicted molar refractivity (Wildman–Crippen MR) is 70.6 cm³/mol. The zero-order chi connectivity index (χ0) is 15.5. The molecule has 1 amide bonds. The Morgan fingerprint density at radius 3 is 2.55 bits per heavy atom. The van der Waals surface area contributed by atoms with Crippen LogP contribution in [0.2, 0.25) is 0 Å². The van der Waals surface area contributed by atoms with Crippen LogP contribution in [0.25, 0.3) is 0 Å². The monoisotopic (exact) mass is 283 g/mol. The summed E-state index contributed by atoms with van der Waals surface area (Å²) in [6.07, 6.45) is 1.75. The molecule has 0 bridgehead atoms. The highest BCUT2D eigenvalue weighted by Crippen LogP contribution is 2.17. The highest BCUT2D eigenvalue weighted by molar-refractivity contribution is 5.88. The van der Waals surface area contributed by atoms with Crippen molar-refractivity contribution in [1.29, 1.82) is 0 Å². The van der Waals surface area contributed by atoms with Gasteiger partial charge < -0.3 is 15.0 Å². The van der Waals surface area contributed by atoms with Gasteiger partial charge >= 0.3 is 5.97 Å². The van der Waals surface area contributed by atoms with Crippen molar-refractivity contribution in [2.24, 2.45) is 0 Å². The molecule has 0 spiro atoms. The summed E-state index contributed by atoms with van der Waals surface area (Å²) in [4.78, 5) is 32.8. The first kappa shape index (κ1) is 15.7. The normalized spacial score (nSPS) is 11.2. The molecule has 110 valence electrons. The van der Waals surface area contributed by atoms with E-state index in [4.69, 9.17) is 5.11 Å². The van der Waals surface area contributed by atoms with Crippen molar-refractivity contribution >= 4 is 17.6 Å². The Bertz CT molecular complexity index is 547. The summed E-state index contributed by atoms with van der Waals surface area (Å²) >= 11 is 0. The van der Waals surface area contributed by atoms with Gasteiger partial charge in [0.2, 0.25) is 5.91 Å². The number of amides is 1. The van der Waals surface area contributed by atoms with Gasteiger partial charge in [0.25, 0.3) is 5.69 Å². The number of carbonyl (C=O) groups excluding carboxylic acids is 1. The first-order valence-electron chi connectivity index (χ1n) is 6.05. The second-order valence-electron chi connectivity index (χ2n) is 5.06. The van der Waals surface area contributed by atoms with Crippen LogP contribution in [0.4, 0.5) is 5.69 Å². The molecule has 0 atom stereocenters. The van der Waals surface area contributed by atoms with Gasteiger partial charge in [0.1, 0.15) is 12.2 Å². The molecule has 20 heavy (non-hydrogen) atoms. The summed E-state index contributed by atoms with van der Waals surface area (Å²) in [6, 6.07) is 0.931. The number of rotatable bonds is 6. The molecular weight excluding hydrogens is 266 g/mol. The van der Waals surface area contributed by atoms with Gasteiger partial charge in [-0.3, -0.25) is 14.9 Å². The molecule has 0 saturated heterocycles. The van der Waals surface area contributed by atoms with Crippen LogP contribution in [0.15, 0.2) is 12.3 Å². The number of hydrogen-bond donors (Lipinski definition) is 2. The highest BCUT2D eigenvalue weighted by atomic mass is 16.6. The summed E-state index contributed by atoms with van der Waals surface area (Å²) in [5, 5.41) is 22.4. The molecule has 8 heteroatoms. The molecule has 1 aromatic heterocycles. The van der Waals surface area contributed by atoms with Crippen LogP contribution in [-0.2, 0) is 11.3 Å². The van der Waals surface area contributed by atoms with Gasteiger partial charge in [-0.05, 0) is 20.3 Å². The highest BCUT2D eigenvalue weighted by Gasteiger charge is 2.22. The molecular formula is C12H17N3O5. The first-order valence-corrected chi connectivity index (χ1v) is 6.05. The lowest BCUT2D eigenvalue weighted by molar-refractivity contribution is -0.384. The van der Waals surface area contributed by atoms with E-state index in [-0.39, 0.29) is 17.9 Å². The molecule has 8 nitrogen and oxygen atoms in total. The molecule has 0 unspecified atom stereocenters. The number of carbonyl (C=O) groups is 2. The quantitative estimate of drug-likeness (QED) is 0.605. The van der Waals surface area contributed by atoms with Gasteiger partial charge in [-0.25, -0.2) is 4.79 Å². The van der Waals surface area contributed by atoms with Crippen LogP contribution in [-0.4, -0.2) is 32.0 Å². The molecule has 1 rings (SSSR count). The van der Waals surface area contributed by atoms with E-state index in [1.54, 1.807) is 0 Å². The third-order valence-corrected chi connectivity index (χ3v) is 2.99. The lowest BCUT2D eigenvalue weighted by atomic mass is 10.0. The van der Waals surface area contributed by atoms with E-state index in [1.165, 1.54) is 0 Å². The number of carboxylic acids is 1. The van der Waals surface area contributed by atoms with Crippen molar-refractivity contribution < 1.29 is 19.6 Å². The minimum atomic E-state index is -1.32. The van der Waals surface area contributed by atoms with Crippen LogP contribution in [0, 0.1) is 10.1 Å². The standard InChI is InChI=1S/C12H17N3O5/c1-4-12(2,3)13-10(16)7-14-6-8(15(19)20)5-9(14)11(17)18/h5-6H,4,7H2,1-3H3,(H,13,16)(H,17,18). The third-order valence-electron chi connectivity index (χ3n) is 2.99. The molecule has 0 radical (unpaired) electrons. The molecule has 0 aliphatic rings. The Hall–Kier alpha value is -2.38. The Labute approximate surface area is 115 Å². The Kier molecular flexibility index (Phi) is 4.49. The van der Waals surface area contributed by atoms with Crippen LogP contribution in [0.3, 0.4) is 0 Å². The second-order valence-corrected chi connectivity index (χ2v) is 5.06. The number of nitrogens with zero attached hydrogens (tertiary/aromatic N) is 2. The number of aromatic nitrogens is 1. The average molecular weight is 283 g/mol. The van der Waals surface area contributed by atoms with Gasteiger partial charge in [0.15, 0.2) is 0 Å². The SMILES string of the molecule is CCC(C)(C)NC(=O)Cn1cc([N+](=O)[O-])cc1C(=O)O. The summed E-state index contributed by atoms with van der Waals surface area (Å²) in [5.41, 5.74) is -1.06. The van der Waals surface area contributed by atoms with Crippen molar-refractivity contribution in [3.63, 3.8) is 0 Å². The molecule has 0 fully saturated rings. The van der Waals surface area contributed by atoms with E-state index < -0.39 is 22.3 Å². The maximum atomic E-state index is 11.8. The zero-order valence-electron chi connectivity index (χ0n) is 11.5. The third kappa shape index (κ3) is 3.81. The average Bonchev–Trinajstić information content (AvgIpc) is 2.72. The van der Waals surface area contributed by atoms with Crippen molar-refractivity contribution in [2.75, 3.05) is 0 Å². The smallest absolute Gasteiger partial charge is 0.352 e. The second kappa shape index (κ2) is 5.72. The maximum Gasteiger partial charge on any atom is 0.352 e. The Morgan fingerprint density at radius 1 is 1.50 bits per heavy atom. The number of carboxylic acid groups (broad SMARTS) is 1. The molecule has 1 aromatic rings. The number of hydrogen-bond acceptors (Lipinski definition) is 4. The van der Waals surface area contributed by atoms with E-state index in [0.29, 0.717) is 6.42 Å². The fourth-order valence-electron chi connectivity index (χ4n) is 1.56. The molecule has 2 N–H and O–H groups in total.